The van der Waals surface area contributed by atoms with Crippen molar-refractivity contribution in [2.24, 2.45) is 17.3 Å². The Morgan fingerprint density at radius 3 is 2.21 bits per heavy atom. The molecule has 0 saturated carbocycles. The summed E-state index contributed by atoms with van der Waals surface area (Å²) in [5.74, 6) is -0.318. The molecule has 1 aromatic carbocycles. The molecule has 0 spiro atoms. The first-order valence-electron chi connectivity index (χ1n) is 14.8. The van der Waals surface area contributed by atoms with E-state index in [4.69, 9.17) is 9.57 Å². The van der Waals surface area contributed by atoms with Crippen LogP contribution < -0.4 is 0 Å². The van der Waals surface area contributed by atoms with Crippen LogP contribution in [0.25, 0.3) is 0 Å². The van der Waals surface area contributed by atoms with Crippen LogP contribution in [0.15, 0.2) is 30.3 Å². The van der Waals surface area contributed by atoms with Gasteiger partial charge in [-0.3, -0.25) is 14.4 Å². The van der Waals surface area contributed by atoms with Gasteiger partial charge in [0.1, 0.15) is 5.78 Å². The highest BCUT2D eigenvalue weighted by molar-refractivity contribution is 5.84. The van der Waals surface area contributed by atoms with Crippen LogP contribution in [0.2, 0.25) is 0 Å². The van der Waals surface area contributed by atoms with Crippen molar-refractivity contribution < 1.29 is 19.2 Å². The first-order valence-corrected chi connectivity index (χ1v) is 14.8. The number of carbonyl (C=O) groups is 2. The number of nitrogens with zero attached hydrogens (tertiary/aromatic N) is 1. The van der Waals surface area contributed by atoms with Gasteiger partial charge >= 0.3 is 5.97 Å². The quantitative estimate of drug-likeness (QED) is 0.191. The molecule has 38 heavy (non-hydrogen) atoms. The highest BCUT2D eigenvalue weighted by Gasteiger charge is 2.56. The fourth-order valence-corrected chi connectivity index (χ4v) is 5.90. The Balaban J connectivity index is 2.48. The maximum Gasteiger partial charge on any atom is 0.311 e. The average Bonchev–Trinajstić information content (AvgIpc) is 2.88. The van der Waals surface area contributed by atoms with Crippen LogP contribution in [0, 0.1) is 17.3 Å². The Bertz CT molecular complexity index is 926. The molecule has 1 aromatic rings. The zero-order valence-electron chi connectivity index (χ0n) is 26.1. The van der Waals surface area contributed by atoms with Gasteiger partial charge in [-0.05, 0) is 70.3 Å². The third-order valence-corrected chi connectivity index (χ3v) is 9.80. The average molecular weight is 530 g/mol. The monoisotopic (exact) mass is 529 g/mol. The molecule has 1 aliphatic rings. The minimum Gasteiger partial charge on any atom is -0.465 e. The van der Waals surface area contributed by atoms with Crippen molar-refractivity contribution in [3.05, 3.63) is 35.9 Å². The summed E-state index contributed by atoms with van der Waals surface area (Å²) >= 11 is 0. The summed E-state index contributed by atoms with van der Waals surface area (Å²) < 4.78 is 5.85. The van der Waals surface area contributed by atoms with Crippen molar-refractivity contribution in [3.63, 3.8) is 0 Å². The van der Waals surface area contributed by atoms with E-state index in [1.807, 2.05) is 26.8 Å². The molecule has 0 aliphatic carbocycles. The van der Waals surface area contributed by atoms with Crippen LogP contribution in [-0.2, 0) is 19.2 Å². The molecule has 5 nitrogen and oxygen atoms in total. The first-order chi connectivity index (χ1) is 17.6. The normalized spacial score (nSPS) is 26.7. The molecule has 1 fully saturated rings. The van der Waals surface area contributed by atoms with E-state index in [1.54, 1.807) is 0 Å². The minimum atomic E-state index is -0.843. The zero-order chi connectivity index (χ0) is 28.9. The highest BCUT2D eigenvalue weighted by Crippen LogP contribution is 2.48. The number of rotatable bonds is 13. The predicted molar refractivity (Wildman–Crippen MR) is 156 cm³/mol. The molecule has 5 atom stereocenters. The molecule has 1 heterocycles. The number of ketones is 1. The van der Waals surface area contributed by atoms with Crippen molar-refractivity contribution in [2.45, 2.75) is 137 Å². The van der Waals surface area contributed by atoms with Crippen molar-refractivity contribution in [3.8, 4) is 0 Å². The van der Waals surface area contributed by atoms with E-state index in [2.05, 4.69) is 84.7 Å². The first kappa shape index (κ1) is 32.5. The molecule has 0 amide bonds. The summed E-state index contributed by atoms with van der Waals surface area (Å²) in [7, 11) is 0. The summed E-state index contributed by atoms with van der Waals surface area (Å²) in [4.78, 5) is 33.8. The molecule has 5 unspecified atom stereocenters. The van der Waals surface area contributed by atoms with E-state index < -0.39 is 22.6 Å². The van der Waals surface area contributed by atoms with Gasteiger partial charge in [-0.15, -0.1) is 0 Å². The Morgan fingerprint density at radius 1 is 1.08 bits per heavy atom. The fourth-order valence-electron chi connectivity index (χ4n) is 5.90. The van der Waals surface area contributed by atoms with E-state index in [0.717, 1.165) is 25.7 Å². The number of hydroxylamine groups is 2. The molecule has 0 aromatic heterocycles. The molecular weight excluding hydrogens is 474 g/mol. The van der Waals surface area contributed by atoms with Crippen LogP contribution >= 0.6 is 0 Å². The maximum absolute atomic E-state index is 13.7. The van der Waals surface area contributed by atoms with Crippen LogP contribution in [0.5, 0.6) is 0 Å². The lowest BCUT2D eigenvalue weighted by Crippen LogP contribution is -2.68. The van der Waals surface area contributed by atoms with Crippen molar-refractivity contribution >= 4 is 11.8 Å². The number of hydrogen-bond donors (Lipinski definition) is 0. The topological polar surface area (TPSA) is 55.8 Å². The summed E-state index contributed by atoms with van der Waals surface area (Å²) in [5.41, 5.74) is -0.696. The van der Waals surface area contributed by atoms with Crippen molar-refractivity contribution in [2.75, 3.05) is 6.61 Å². The molecule has 216 valence electrons. The smallest absolute Gasteiger partial charge is 0.311 e. The van der Waals surface area contributed by atoms with Crippen LogP contribution in [0.1, 0.15) is 126 Å². The number of piperidine rings is 1. The number of Topliss-reactive ketones (excluding diaryl/α,β-unsaturated/α-hetero) is 1. The lowest BCUT2D eigenvalue weighted by molar-refractivity contribution is -0.347. The van der Waals surface area contributed by atoms with Gasteiger partial charge in [0, 0.05) is 12.3 Å². The van der Waals surface area contributed by atoms with E-state index in [-0.39, 0.29) is 29.0 Å². The van der Waals surface area contributed by atoms with Gasteiger partial charge in [0.05, 0.1) is 29.2 Å². The third-order valence-electron chi connectivity index (χ3n) is 9.80. The van der Waals surface area contributed by atoms with Gasteiger partial charge in [-0.25, -0.2) is 0 Å². The number of ether oxygens (including phenoxy) is 1. The summed E-state index contributed by atoms with van der Waals surface area (Å²) in [6.07, 6.45) is 4.43. The van der Waals surface area contributed by atoms with Gasteiger partial charge < -0.3 is 4.74 Å². The Hall–Kier alpha value is -1.72. The molecule has 2 rings (SSSR count). The second kappa shape index (κ2) is 12.6. The predicted octanol–water partition coefficient (Wildman–Crippen LogP) is 8.12. The second-order valence-electron chi connectivity index (χ2n) is 13.3. The number of esters is 1. The summed E-state index contributed by atoms with van der Waals surface area (Å²) in [5, 5.41) is 2.10. The molecule has 1 aliphatic heterocycles. The van der Waals surface area contributed by atoms with Crippen LogP contribution in [0.3, 0.4) is 0 Å². The number of carbonyl (C=O) groups excluding carboxylic acids is 2. The van der Waals surface area contributed by atoms with Gasteiger partial charge in [0.15, 0.2) is 0 Å². The lowest BCUT2D eigenvalue weighted by Gasteiger charge is -2.58. The molecule has 0 bridgehead atoms. The van der Waals surface area contributed by atoms with Gasteiger partial charge in [-0.1, -0.05) is 85.2 Å². The second-order valence-corrected chi connectivity index (χ2v) is 13.3. The number of benzene rings is 1. The van der Waals surface area contributed by atoms with E-state index in [9.17, 15) is 9.59 Å². The Morgan fingerprint density at radius 2 is 1.68 bits per heavy atom. The SMILES string of the molecule is CCCCOC(=O)C(CC(C)(C)C(C)c1ccccc1)C(C)(C)ON1C(C)(CC)CC(=O)C(C)C1(C)CC. The molecule has 1 saturated heterocycles. The van der Waals surface area contributed by atoms with Crippen molar-refractivity contribution in [1.82, 2.24) is 5.06 Å². The molecular formula is C33H55NO4. The minimum absolute atomic E-state index is 0.160. The maximum atomic E-state index is 13.7. The van der Waals surface area contributed by atoms with E-state index >= 15 is 0 Å². The zero-order valence-corrected chi connectivity index (χ0v) is 26.1. The standard InChI is InChI=1S/C33H55NO4/c1-12-15-21-37-29(36)27(22-30(6,7)24(4)26-19-17-16-18-20-26)31(8,9)38-34-32(10,13-2)23-28(35)25(5)33(34,11)14-3/h16-20,24-25,27H,12-15,21-23H2,1-11H3. The number of unbranched alkanes of at least 4 members (excludes halogenated alkanes) is 1. The third kappa shape index (κ3) is 6.88. The molecule has 0 radical (unpaired) electrons. The Labute approximate surface area is 233 Å². The van der Waals surface area contributed by atoms with Crippen LogP contribution in [0.4, 0.5) is 0 Å². The van der Waals surface area contributed by atoms with Gasteiger partial charge in [0.25, 0.3) is 0 Å². The largest absolute Gasteiger partial charge is 0.465 e. The molecule has 0 N–H and O–H groups in total. The van der Waals surface area contributed by atoms with E-state index in [1.165, 1.54) is 5.56 Å². The summed E-state index contributed by atoms with van der Waals surface area (Å²) in [6.45, 7) is 23.8. The van der Waals surface area contributed by atoms with Crippen LogP contribution in [-0.4, -0.2) is 40.1 Å². The highest BCUT2D eigenvalue weighted by atomic mass is 16.7. The lowest BCUT2D eigenvalue weighted by atomic mass is 9.68. The van der Waals surface area contributed by atoms with E-state index in [0.29, 0.717) is 19.4 Å². The Kier molecular flexibility index (Phi) is 10.8. The summed E-state index contributed by atoms with van der Waals surface area (Å²) in [6, 6.07) is 10.5. The fraction of sp³-hybridized carbons (Fsp3) is 0.758. The van der Waals surface area contributed by atoms with Crippen molar-refractivity contribution in [1.29, 1.82) is 0 Å². The van der Waals surface area contributed by atoms with Gasteiger partial charge in [0.2, 0.25) is 0 Å². The molecule has 5 heteroatoms. The van der Waals surface area contributed by atoms with Gasteiger partial charge in [-0.2, -0.15) is 5.06 Å². The number of hydrogen-bond acceptors (Lipinski definition) is 5.